The molecule has 0 unspecified atom stereocenters. The molecule has 0 radical (unpaired) electrons. The number of nitrogens with one attached hydrogen (secondary N) is 1. The van der Waals surface area contributed by atoms with E-state index in [1.165, 1.54) is 6.20 Å². The molecule has 0 bridgehead atoms. The second kappa shape index (κ2) is 6.27. The number of carbonyl (C=O) groups excluding carboxylic acids is 1. The number of alkyl carbamates (subject to hydrolysis) is 1. The van der Waals surface area contributed by atoms with Crippen LogP contribution < -0.4 is 5.32 Å². The molecule has 0 aromatic carbocycles. The van der Waals surface area contributed by atoms with E-state index in [-0.39, 0.29) is 6.54 Å². The first-order chi connectivity index (χ1) is 8.37. The van der Waals surface area contributed by atoms with Crippen LogP contribution in [0.15, 0.2) is 18.3 Å². The maximum absolute atomic E-state index is 11.3. The highest BCUT2D eigenvalue weighted by atomic mass is 35.5. The molecule has 96 valence electrons. The minimum Gasteiger partial charge on any atom is -0.444 e. The number of nitrogens with zero attached hydrogens (tertiary/aromatic N) is 1. The molecule has 0 aliphatic rings. The molecule has 0 fully saturated rings. The second-order valence-electron chi connectivity index (χ2n) is 4.52. The van der Waals surface area contributed by atoms with E-state index in [4.69, 9.17) is 16.3 Å². The average Bonchev–Trinajstić information content (AvgIpc) is 2.24. The van der Waals surface area contributed by atoms with Crippen molar-refractivity contribution in [3.63, 3.8) is 0 Å². The van der Waals surface area contributed by atoms with Crippen LogP contribution >= 0.6 is 11.6 Å². The summed E-state index contributed by atoms with van der Waals surface area (Å²) in [5.41, 5.74) is 0.0975. The first kappa shape index (κ1) is 14.3. The molecule has 1 aromatic heterocycles. The molecule has 0 atom stereocenters. The number of aromatic nitrogens is 1. The van der Waals surface area contributed by atoms with Crippen molar-refractivity contribution in [3.8, 4) is 11.8 Å². The molecule has 0 spiro atoms. The van der Waals surface area contributed by atoms with Gasteiger partial charge in [-0.2, -0.15) is 0 Å². The summed E-state index contributed by atoms with van der Waals surface area (Å²) in [6, 6.07) is 3.42. The Hall–Kier alpha value is -1.73. The van der Waals surface area contributed by atoms with Gasteiger partial charge in [-0.15, -0.1) is 0 Å². The molecule has 4 nitrogen and oxygen atoms in total. The third-order valence-corrected chi connectivity index (χ3v) is 1.89. The number of rotatable bonds is 1. The largest absolute Gasteiger partial charge is 0.444 e. The van der Waals surface area contributed by atoms with Gasteiger partial charge >= 0.3 is 6.09 Å². The Kier molecular flexibility index (Phi) is 4.99. The van der Waals surface area contributed by atoms with Crippen LogP contribution in [0.2, 0.25) is 5.02 Å². The van der Waals surface area contributed by atoms with Crippen LogP contribution in [0.5, 0.6) is 0 Å². The van der Waals surface area contributed by atoms with Gasteiger partial charge in [0.1, 0.15) is 11.3 Å². The predicted molar refractivity (Wildman–Crippen MR) is 70.4 cm³/mol. The van der Waals surface area contributed by atoms with Crippen molar-refractivity contribution in [3.05, 3.63) is 29.0 Å². The maximum Gasteiger partial charge on any atom is 0.408 e. The van der Waals surface area contributed by atoms with Gasteiger partial charge in [-0.05, 0) is 38.8 Å². The zero-order chi connectivity index (χ0) is 13.6. The first-order valence-electron chi connectivity index (χ1n) is 5.44. The molecule has 1 amide bonds. The number of halogens is 1. The highest BCUT2D eigenvalue weighted by molar-refractivity contribution is 6.30. The molecule has 0 saturated heterocycles. The van der Waals surface area contributed by atoms with E-state index in [9.17, 15) is 4.79 Å². The van der Waals surface area contributed by atoms with E-state index < -0.39 is 11.7 Å². The Morgan fingerprint density at radius 3 is 2.78 bits per heavy atom. The normalized spacial score (nSPS) is 10.2. The lowest BCUT2D eigenvalue weighted by atomic mass is 10.2. The third-order valence-electron chi connectivity index (χ3n) is 1.66. The fourth-order valence-corrected chi connectivity index (χ4v) is 1.13. The van der Waals surface area contributed by atoms with Crippen LogP contribution in [0.25, 0.3) is 0 Å². The lowest BCUT2D eigenvalue weighted by Gasteiger charge is -2.18. The number of hydrogen-bond acceptors (Lipinski definition) is 3. The topological polar surface area (TPSA) is 51.2 Å². The smallest absolute Gasteiger partial charge is 0.408 e. The van der Waals surface area contributed by atoms with Gasteiger partial charge < -0.3 is 10.1 Å². The summed E-state index contributed by atoms with van der Waals surface area (Å²) in [5, 5.41) is 3.09. The minimum absolute atomic E-state index is 0.208. The Balaban J connectivity index is 2.38. The summed E-state index contributed by atoms with van der Waals surface area (Å²) in [4.78, 5) is 15.3. The summed E-state index contributed by atoms with van der Waals surface area (Å²) < 4.78 is 5.05. The Labute approximate surface area is 112 Å². The fraction of sp³-hybridized carbons (Fsp3) is 0.385. The van der Waals surface area contributed by atoms with Gasteiger partial charge in [-0.3, -0.25) is 0 Å². The van der Waals surface area contributed by atoms with Crippen molar-refractivity contribution < 1.29 is 9.53 Å². The molecule has 1 rings (SSSR count). The molecule has 0 aliphatic heterocycles. The van der Waals surface area contributed by atoms with E-state index in [1.807, 2.05) is 0 Å². The van der Waals surface area contributed by atoms with Crippen molar-refractivity contribution in [1.29, 1.82) is 0 Å². The molecule has 18 heavy (non-hydrogen) atoms. The fourth-order valence-electron chi connectivity index (χ4n) is 1.02. The van der Waals surface area contributed by atoms with Crippen LogP contribution in [0, 0.1) is 11.8 Å². The quantitative estimate of drug-likeness (QED) is 0.795. The molecule has 0 saturated carbocycles. The van der Waals surface area contributed by atoms with Crippen molar-refractivity contribution in [2.75, 3.05) is 6.54 Å². The minimum atomic E-state index is -0.505. The van der Waals surface area contributed by atoms with E-state index in [1.54, 1.807) is 32.9 Å². The predicted octanol–water partition coefficient (Wildman–Crippen LogP) is 2.61. The Bertz CT molecular complexity index is 466. The van der Waals surface area contributed by atoms with Gasteiger partial charge in [0, 0.05) is 6.20 Å². The van der Waals surface area contributed by atoms with Gasteiger partial charge in [0.05, 0.1) is 11.6 Å². The summed E-state index contributed by atoms with van der Waals surface area (Å²) in [7, 11) is 0. The molecular formula is C13H15ClN2O2. The lowest BCUT2D eigenvalue weighted by molar-refractivity contribution is 0.0535. The number of carbonyl (C=O) groups is 1. The SMILES string of the molecule is CC(C)(C)OC(=O)NCC#Cc1ccc(Cl)cn1. The third kappa shape index (κ3) is 6.12. The van der Waals surface area contributed by atoms with Gasteiger partial charge in [-0.25, -0.2) is 9.78 Å². The van der Waals surface area contributed by atoms with Crippen LogP contribution in [0.4, 0.5) is 4.79 Å². The summed E-state index contributed by atoms with van der Waals surface area (Å²) >= 11 is 5.69. The monoisotopic (exact) mass is 266 g/mol. The Morgan fingerprint density at radius 2 is 2.22 bits per heavy atom. The highest BCUT2D eigenvalue weighted by Crippen LogP contribution is 2.06. The van der Waals surface area contributed by atoms with Crippen LogP contribution in [0.1, 0.15) is 26.5 Å². The van der Waals surface area contributed by atoms with Crippen molar-refractivity contribution >= 4 is 17.7 Å². The summed E-state index contributed by atoms with van der Waals surface area (Å²) in [5.74, 6) is 5.57. The molecule has 1 aromatic rings. The van der Waals surface area contributed by atoms with Gasteiger partial charge in [0.2, 0.25) is 0 Å². The summed E-state index contributed by atoms with van der Waals surface area (Å²) in [6.07, 6.45) is 1.04. The maximum atomic E-state index is 11.3. The molecule has 1 heterocycles. The second-order valence-corrected chi connectivity index (χ2v) is 4.96. The highest BCUT2D eigenvalue weighted by Gasteiger charge is 2.14. The van der Waals surface area contributed by atoms with E-state index in [2.05, 4.69) is 22.1 Å². The molecule has 5 heteroatoms. The molecule has 0 aliphatic carbocycles. The standard InChI is InChI=1S/C13H15ClN2O2/c1-13(2,3)18-12(17)15-8-4-5-11-7-6-10(14)9-16-11/h6-7,9H,8H2,1-3H3,(H,15,17). The zero-order valence-electron chi connectivity index (χ0n) is 10.6. The zero-order valence-corrected chi connectivity index (χ0v) is 11.3. The number of ether oxygens (including phenoxy) is 1. The van der Waals surface area contributed by atoms with Gasteiger partial charge in [0.25, 0.3) is 0 Å². The number of pyridine rings is 1. The summed E-state index contributed by atoms with van der Waals surface area (Å²) in [6.45, 7) is 5.61. The van der Waals surface area contributed by atoms with Crippen LogP contribution in [0.3, 0.4) is 0 Å². The molecular weight excluding hydrogens is 252 g/mol. The van der Waals surface area contributed by atoms with Crippen LogP contribution in [-0.4, -0.2) is 23.2 Å². The number of hydrogen-bond donors (Lipinski definition) is 1. The lowest BCUT2D eigenvalue weighted by Crippen LogP contribution is -2.32. The van der Waals surface area contributed by atoms with Crippen molar-refractivity contribution in [2.24, 2.45) is 0 Å². The van der Waals surface area contributed by atoms with Crippen LogP contribution in [-0.2, 0) is 4.74 Å². The van der Waals surface area contributed by atoms with Gasteiger partial charge in [0.15, 0.2) is 0 Å². The van der Waals surface area contributed by atoms with E-state index in [0.29, 0.717) is 10.7 Å². The molecule has 1 N–H and O–H groups in total. The number of amides is 1. The average molecular weight is 267 g/mol. The van der Waals surface area contributed by atoms with E-state index in [0.717, 1.165) is 0 Å². The first-order valence-corrected chi connectivity index (χ1v) is 5.82. The van der Waals surface area contributed by atoms with E-state index >= 15 is 0 Å². The van der Waals surface area contributed by atoms with Crippen molar-refractivity contribution in [1.82, 2.24) is 10.3 Å². The van der Waals surface area contributed by atoms with Gasteiger partial charge in [-0.1, -0.05) is 17.5 Å². The Morgan fingerprint density at radius 1 is 1.50 bits per heavy atom. The van der Waals surface area contributed by atoms with Crippen molar-refractivity contribution in [2.45, 2.75) is 26.4 Å².